The summed E-state index contributed by atoms with van der Waals surface area (Å²) in [6.45, 7) is 0.253. The SMILES string of the molecule is N#CCCn1c(-c2ccc(Cl)cc2)ccc(C#N)c1=O. The largest absolute Gasteiger partial charge is 0.306 e. The van der Waals surface area contributed by atoms with Gasteiger partial charge < -0.3 is 4.57 Å². The van der Waals surface area contributed by atoms with Crippen LogP contribution in [0.1, 0.15) is 12.0 Å². The number of hydrogen-bond acceptors (Lipinski definition) is 3. The Morgan fingerprint density at radius 2 is 1.80 bits per heavy atom. The molecule has 2 rings (SSSR count). The maximum absolute atomic E-state index is 12.2. The van der Waals surface area contributed by atoms with E-state index in [-0.39, 0.29) is 24.1 Å². The van der Waals surface area contributed by atoms with Crippen LogP contribution in [0.15, 0.2) is 41.2 Å². The number of nitrogens with zero attached hydrogens (tertiary/aromatic N) is 3. The van der Waals surface area contributed by atoms with E-state index in [0.717, 1.165) is 5.56 Å². The summed E-state index contributed by atoms with van der Waals surface area (Å²) in [5.41, 5.74) is 1.17. The Kier molecular flexibility index (Phi) is 4.20. The maximum atomic E-state index is 12.2. The Balaban J connectivity index is 2.61. The van der Waals surface area contributed by atoms with E-state index in [1.54, 1.807) is 30.3 Å². The molecule has 0 fully saturated rings. The zero-order valence-electron chi connectivity index (χ0n) is 10.5. The van der Waals surface area contributed by atoms with Crippen molar-refractivity contribution in [1.82, 2.24) is 4.57 Å². The lowest BCUT2D eigenvalue weighted by Gasteiger charge is -2.12. The van der Waals surface area contributed by atoms with Gasteiger partial charge in [-0.15, -0.1) is 0 Å². The van der Waals surface area contributed by atoms with Crippen LogP contribution in [0.2, 0.25) is 5.02 Å². The van der Waals surface area contributed by atoms with Gasteiger partial charge in [-0.1, -0.05) is 23.7 Å². The van der Waals surface area contributed by atoms with Gasteiger partial charge in [-0.2, -0.15) is 10.5 Å². The zero-order valence-corrected chi connectivity index (χ0v) is 11.3. The van der Waals surface area contributed by atoms with Crippen molar-refractivity contribution in [3.8, 4) is 23.4 Å². The second-order valence-corrected chi connectivity index (χ2v) is 4.55. The summed E-state index contributed by atoms with van der Waals surface area (Å²) in [4.78, 5) is 12.2. The summed E-state index contributed by atoms with van der Waals surface area (Å²) in [6.07, 6.45) is 0.204. The van der Waals surface area contributed by atoms with Crippen LogP contribution in [0.3, 0.4) is 0 Å². The standard InChI is InChI=1S/C15H10ClN3O/c16-13-5-2-11(3-6-13)14-7-4-12(10-18)15(20)19(14)9-1-8-17/h2-7H,1,9H2. The third kappa shape index (κ3) is 2.71. The first-order chi connectivity index (χ1) is 9.67. The van der Waals surface area contributed by atoms with Crippen molar-refractivity contribution in [2.75, 3.05) is 0 Å². The highest BCUT2D eigenvalue weighted by atomic mass is 35.5. The average molecular weight is 284 g/mol. The second kappa shape index (κ2) is 6.06. The first-order valence-electron chi connectivity index (χ1n) is 5.94. The third-order valence-corrected chi connectivity index (χ3v) is 3.13. The lowest BCUT2D eigenvalue weighted by atomic mass is 10.1. The minimum Gasteiger partial charge on any atom is -0.306 e. The smallest absolute Gasteiger partial charge is 0.268 e. The van der Waals surface area contributed by atoms with Gasteiger partial charge in [0.2, 0.25) is 0 Å². The number of pyridine rings is 1. The number of hydrogen-bond donors (Lipinski definition) is 0. The molecule has 0 spiro atoms. The Labute approximate surface area is 121 Å². The van der Waals surface area contributed by atoms with Crippen molar-refractivity contribution in [2.24, 2.45) is 0 Å². The average Bonchev–Trinajstić information content (AvgIpc) is 2.47. The van der Waals surface area contributed by atoms with Crippen LogP contribution >= 0.6 is 11.6 Å². The van der Waals surface area contributed by atoms with Crippen molar-refractivity contribution in [3.05, 3.63) is 57.3 Å². The van der Waals surface area contributed by atoms with E-state index in [9.17, 15) is 4.79 Å². The summed E-state index contributed by atoms with van der Waals surface area (Å²) in [5.74, 6) is 0. The van der Waals surface area contributed by atoms with E-state index in [4.69, 9.17) is 22.1 Å². The molecule has 4 nitrogen and oxygen atoms in total. The van der Waals surface area contributed by atoms with Crippen LogP contribution in [0, 0.1) is 22.7 Å². The highest BCUT2D eigenvalue weighted by molar-refractivity contribution is 6.30. The Hall–Kier alpha value is -2.56. The summed E-state index contributed by atoms with van der Waals surface area (Å²) >= 11 is 5.85. The molecule has 0 radical (unpaired) electrons. The van der Waals surface area contributed by atoms with Crippen LogP contribution in [0.25, 0.3) is 11.3 Å². The Morgan fingerprint density at radius 1 is 1.10 bits per heavy atom. The van der Waals surface area contributed by atoms with E-state index in [1.165, 1.54) is 10.6 Å². The predicted octanol–water partition coefficient (Wildman–Crippen LogP) is 2.95. The van der Waals surface area contributed by atoms with Crippen molar-refractivity contribution in [2.45, 2.75) is 13.0 Å². The van der Waals surface area contributed by atoms with Gasteiger partial charge in [0.05, 0.1) is 18.2 Å². The lowest BCUT2D eigenvalue weighted by molar-refractivity contribution is 0.692. The number of aromatic nitrogens is 1. The minimum absolute atomic E-state index is 0.0700. The highest BCUT2D eigenvalue weighted by Gasteiger charge is 2.10. The van der Waals surface area contributed by atoms with Gasteiger partial charge in [0, 0.05) is 11.6 Å². The fourth-order valence-electron chi connectivity index (χ4n) is 1.92. The highest BCUT2D eigenvalue weighted by Crippen LogP contribution is 2.21. The van der Waals surface area contributed by atoms with Crippen LogP contribution in [0.5, 0.6) is 0 Å². The van der Waals surface area contributed by atoms with Gasteiger partial charge in [-0.05, 0) is 29.8 Å². The third-order valence-electron chi connectivity index (χ3n) is 2.88. The molecule has 0 bridgehead atoms. The van der Waals surface area contributed by atoms with E-state index in [2.05, 4.69) is 0 Å². The maximum Gasteiger partial charge on any atom is 0.268 e. The molecular formula is C15H10ClN3O. The molecule has 20 heavy (non-hydrogen) atoms. The van der Waals surface area contributed by atoms with Crippen molar-refractivity contribution >= 4 is 11.6 Å². The molecule has 1 aromatic heterocycles. The second-order valence-electron chi connectivity index (χ2n) is 4.12. The van der Waals surface area contributed by atoms with Crippen molar-refractivity contribution in [1.29, 1.82) is 10.5 Å². The predicted molar refractivity (Wildman–Crippen MR) is 76.1 cm³/mol. The number of rotatable bonds is 3. The molecule has 0 saturated carbocycles. The monoisotopic (exact) mass is 283 g/mol. The molecule has 0 amide bonds. The Morgan fingerprint density at radius 3 is 2.40 bits per heavy atom. The molecular weight excluding hydrogens is 274 g/mol. The quantitative estimate of drug-likeness (QED) is 0.869. The van der Waals surface area contributed by atoms with Crippen molar-refractivity contribution < 1.29 is 0 Å². The first kappa shape index (κ1) is 13.9. The summed E-state index contributed by atoms with van der Waals surface area (Å²) < 4.78 is 1.45. The molecule has 0 aliphatic rings. The van der Waals surface area contributed by atoms with Gasteiger partial charge in [0.15, 0.2) is 0 Å². The fraction of sp³-hybridized carbons (Fsp3) is 0.133. The van der Waals surface area contributed by atoms with Crippen LogP contribution in [-0.4, -0.2) is 4.57 Å². The topological polar surface area (TPSA) is 69.6 Å². The number of nitriles is 2. The van der Waals surface area contributed by atoms with E-state index in [1.807, 2.05) is 12.1 Å². The molecule has 2 aromatic rings. The minimum atomic E-state index is -0.379. The molecule has 0 saturated heterocycles. The summed E-state index contributed by atoms with van der Waals surface area (Å²) in [5, 5.41) is 18.2. The molecule has 1 aromatic carbocycles. The first-order valence-corrected chi connectivity index (χ1v) is 6.32. The summed E-state index contributed by atoms with van der Waals surface area (Å²) in [6, 6.07) is 14.1. The number of halogens is 1. The number of benzene rings is 1. The molecule has 0 aliphatic heterocycles. The van der Waals surface area contributed by atoms with Gasteiger partial charge in [0.25, 0.3) is 5.56 Å². The molecule has 5 heteroatoms. The molecule has 0 unspecified atom stereocenters. The summed E-state index contributed by atoms with van der Waals surface area (Å²) in [7, 11) is 0. The van der Waals surface area contributed by atoms with Crippen LogP contribution < -0.4 is 5.56 Å². The molecule has 0 atom stereocenters. The molecule has 98 valence electrons. The van der Waals surface area contributed by atoms with Gasteiger partial charge in [-0.25, -0.2) is 0 Å². The van der Waals surface area contributed by atoms with Crippen molar-refractivity contribution in [3.63, 3.8) is 0 Å². The fourth-order valence-corrected chi connectivity index (χ4v) is 2.05. The van der Waals surface area contributed by atoms with Gasteiger partial charge in [-0.3, -0.25) is 4.79 Å². The van der Waals surface area contributed by atoms with E-state index in [0.29, 0.717) is 10.7 Å². The van der Waals surface area contributed by atoms with E-state index < -0.39 is 0 Å². The molecule has 0 N–H and O–H groups in total. The van der Waals surface area contributed by atoms with Gasteiger partial charge in [0.1, 0.15) is 11.6 Å². The lowest BCUT2D eigenvalue weighted by Crippen LogP contribution is -2.24. The normalized spacial score (nSPS) is 9.75. The molecule has 0 aliphatic carbocycles. The van der Waals surface area contributed by atoms with E-state index >= 15 is 0 Å². The van der Waals surface area contributed by atoms with Crippen LogP contribution in [-0.2, 0) is 6.54 Å². The Bertz CT molecular complexity index is 764. The van der Waals surface area contributed by atoms with Gasteiger partial charge >= 0.3 is 0 Å². The zero-order chi connectivity index (χ0) is 14.5. The molecule has 1 heterocycles. The van der Waals surface area contributed by atoms with Crippen LogP contribution in [0.4, 0.5) is 0 Å².